The number of likely N-dealkylation sites (tertiary alicyclic amines) is 1. The van der Waals surface area contributed by atoms with Crippen LogP contribution in [0.3, 0.4) is 0 Å². The Bertz CT molecular complexity index is 400. The van der Waals surface area contributed by atoms with Gasteiger partial charge in [0.05, 0.1) is 6.04 Å². The Hall–Kier alpha value is -0.370. The molecule has 2 heteroatoms. The smallest absolute Gasteiger partial charge is 0.155 e. The highest BCUT2D eigenvalue weighted by molar-refractivity contribution is 5.89. The van der Waals surface area contributed by atoms with E-state index in [9.17, 15) is 4.79 Å². The van der Waals surface area contributed by atoms with Gasteiger partial charge < -0.3 is 0 Å². The summed E-state index contributed by atoms with van der Waals surface area (Å²) in [5, 5.41) is 0. The summed E-state index contributed by atoms with van der Waals surface area (Å²) in [6.07, 6.45) is 3.63. The van der Waals surface area contributed by atoms with E-state index < -0.39 is 0 Å². The summed E-state index contributed by atoms with van der Waals surface area (Å²) in [7, 11) is 0. The van der Waals surface area contributed by atoms with Gasteiger partial charge in [-0.1, -0.05) is 34.6 Å². The largest absolute Gasteiger partial charge is 0.297 e. The molecule has 1 atom stereocenters. The van der Waals surface area contributed by atoms with Crippen molar-refractivity contribution in [2.24, 2.45) is 16.2 Å². The third kappa shape index (κ3) is 2.81. The molecule has 0 aromatic carbocycles. The van der Waals surface area contributed by atoms with E-state index >= 15 is 0 Å². The lowest BCUT2D eigenvalue weighted by Gasteiger charge is -2.52. The Morgan fingerprint density at radius 2 is 1.55 bits per heavy atom. The summed E-state index contributed by atoms with van der Waals surface area (Å²) < 4.78 is 0. The van der Waals surface area contributed by atoms with Crippen LogP contribution in [0.15, 0.2) is 0 Å². The predicted molar refractivity (Wildman–Crippen MR) is 84.8 cm³/mol. The molecule has 1 aliphatic heterocycles. The Morgan fingerprint density at radius 3 is 1.90 bits per heavy atom. The molecule has 1 saturated heterocycles. The van der Waals surface area contributed by atoms with Crippen LogP contribution in [0.5, 0.6) is 0 Å². The van der Waals surface area contributed by atoms with Crippen LogP contribution < -0.4 is 0 Å². The van der Waals surface area contributed by atoms with Crippen LogP contribution >= 0.6 is 0 Å². The van der Waals surface area contributed by atoms with E-state index in [-0.39, 0.29) is 17.0 Å². The Morgan fingerprint density at radius 1 is 1.05 bits per heavy atom. The standard InChI is InChI=1S/C18H33NO/c1-15(2,3)14(20)13-9-18(10-17(7,8)11-18)12-19(13)16(4,5)6/h13H,9-12H2,1-8H3. The van der Waals surface area contributed by atoms with E-state index in [2.05, 4.69) is 60.3 Å². The number of hydrogen-bond donors (Lipinski definition) is 0. The van der Waals surface area contributed by atoms with Gasteiger partial charge in [-0.2, -0.15) is 0 Å². The van der Waals surface area contributed by atoms with Crippen LogP contribution in [0, 0.1) is 16.2 Å². The van der Waals surface area contributed by atoms with Gasteiger partial charge in [-0.15, -0.1) is 0 Å². The van der Waals surface area contributed by atoms with Crippen molar-refractivity contribution in [3.8, 4) is 0 Å². The van der Waals surface area contributed by atoms with Crippen molar-refractivity contribution in [2.45, 2.75) is 86.2 Å². The first-order valence-corrected chi connectivity index (χ1v) is 8.07. The maximum Gasteiger partial charge on any atom is 0.155 e. The quantitative estimate of drug-likeness (QED) is 0.714. The van der Waals surface area contributed by atoms with Crippen LogP contribution in [0.25, 0.3) is 0 Å². The van der Waals surface area contributed by atoms with E-state index in [1.165, 1.54) is 12.8 Å². The molecule has 20 heavy (non-hydrogen) atoms. The number of Topliss-reactive ketones (excluding diaryl/α,β-unsaturated/α-hetero) is 1. The first kappa shape index (κ1) is 16.0. The number of ketones is 1. The first-order chi connectivity index (χ1) is 8.76. The van der Waals surface area contributed by atoms with Gasteiger partial charge in [-0.3, -0.25) is 9.69 Å². The Balaban J connectivity index is 2.24. The molecule has 0 N–H and O–H groups in total. The zero-order valence-electron chi connectivity index (χ0n) is 14.8. The molecule has 116 valence electrons. The second kappa shape index (κ2) is 4.32. The van der Waals surface area contributed by atoms with Crippen molar-refractivity contribution in [3.05, 3.63) is 0 Å². The van der Waals surface area contributed by atoms with Crippen molar-refractivity contribution in [2.75, 3.05) is 6.54 Å². The maximum absolute atomic E-state index is 12.9. The molecule has 1 aliphatic carbocycles. The third-order valence-corrected chi connectivity index (χ3v) is 5.12. The van der Waals surface area contributed by atoms with Crippen molar-refractivity contribution in [1.29, 1.82) is 0 Å². The summed E-state index contributed by atoms with van der Waals surface area (Å²) in [5.41, 5.74) is 0.722. The Kier molecular flexibility index (Phi) is 3.45. The maximum atomic E-state index is 12.9. The SMILES string of the molecule is CC1(C)CC2(CC(C(=O)C(C)(C)C)N(C(C)(C)C)C2)C1. The van der Waals surface area contributed by atoms with Gasteiger partial charge in [0.15, 0.2) is 5.78 Å². The Labute approximate surface area is 125 Å². The fourth-order valence-electron chi connectivity index (χ4n) is 4.73. The van der Waals surface area contributed by atoms with Crippen molar-refractivity contribution in [3.63, 3.8) is 0 Å². The number of carbonyl (C=O) groups excluding carboxylic acids is 1. The van der Waals surface area contributed by atoms with Gasteiger partial charge in [0.1, 0.15) is 0 Å². The second-order valence-corrected chi connectivity index (χ2v) is 10.2. The van der Waals surface area contributed by atoms with Crippen LogP contribution in [-0.4, -0.2) is 28.8 Å². The first-order valence-electron chi connectivity index (χ1n) is 8.07. The molecule has 1 heterocycles. The van der Waals surface area contributed by atoms with Crippen molar-refractivity contribution >= 4 is 5.78 Å². The molecule has 1 spiro atoms. The zero-order valence-corrected chi connectivity index (χ0v) is 14.8. The molecule has 0 bridgehead atoms. The van der Waals surface area contributed by atoms with Crippen LogP contribution in [-0.2, 0) is 4.79 Å². The lowest BCUT2D eigenvalue weighted by atomic mass is 9.53. The van der Waals surface area contributed by atoms with Crippen LogP contribution in [0.1, 0.15) is 74.7 Å². The van der Waals surface area contributed by atoms with Gasteiger partial charge >= 0.3 is 0 Å². The van der Waals surface area contributed by atoms with Gasteiger partial charge in [0.25, 0.3) is 0 Å². The minimum Gasteiger partial charge on any atom is -0.297 e. The minimum atomic E-state index is -0.237. The molecule has 2 aliphatic rings. The average Bonchev–Trinajstić information content (AvgIpc) is 2.52. The van der Waals surface area contributed by atoms with Gasteiger partial charge in [-0.05, 0) is 50.9 Å². The average molecular weight is 279 g/mol. The van der Waals surface area contributed by atoms with E-state index in [0.29, 0.717) is 16.6 Å². The molecule has 0 amide bonds. The number of hydrogen-bond acceptors (Lipinski definition) is 2. The van der Waals surface area contributed by atoms with Gasteiger partial charge in [0.2, 0.25) is 0 Å². The molecule has 2 nitrogen and oxygen atoms in total. The molecule has 0 aromatic heterocycles. The van der Waals surface area contributed by atoms with Gasteiger partial charge in [-0.25, -0.2) is 0 Å². The monoisotopic (exact) mass is 279 g/mol. The highest BCUT2D eigenvalue weighted by Crippen LogP contribution is 2.60. The molecule has 0 radical (unpaired) electrons. The normalized spacial score (nSPS) is 29.5. The second-order valence-electron chi connectivity index (χ2n) is 10.2. The number of carbonyl (C=O) groups is 1. The minimum absolute atomic E-state index is 0.0782. The summed E-state index contributed by atoms with van der Waals surface area (Å²) in [6.45, 7) is 18.8. The van der Waals surface area contributed by atoms with Gasteiger partial charge in [0, 0.05) is 17.5 Å². The molecule has 0 aromatic rings. The summed E-state index contributed by atoms with van der Waals surface area (Å²) >= 11 is 0. The zero-order chi connectivity index (χ0) is 15.6. The summed E-state index contributed by atoms with van der Waals surface area (Å²) in [4.78, 5) is 15.4. The highest BCUT2D eigenvalue weighted by Gasteiger charge is 2.58. The van der Waals surface area contributed by atoms with E-state index in [4.69, 9.17) is 0 Å². The number of rotatable bonds is 1. The summed E-state index contributed by atoms with van der Waals surface area (Å²) in [6, 6.07) is 0.117. The van der Waals surface area contributed by atoms with E-state index in [1.807, 2.05) is 0 Å². The fourth-order valence-corrected chi connectivity index (χ4v) is 4.73. The number of nitrogens with zero attached hydrogens (tertiary/aromatic N) is 1. The molecule has 1 unspecified atom stereocenters. The van der Waals surface area contributed by atoms with Crippen LogP contribution in [0.4, 0.5) is 0 Å². The van der Waals surface area contributed by atoms with Crippen molar-refractivity contribution < 1.29 is 4.79 Å². The third-order valence-electron chi connectivity index (χ3n) is 5.12. The van der Waals surface area contributed by atoms with Crippen LogP contribution in [0.2, 0.25) is 0 Å². The lowest BCUT2D eigenvalue weighted by Crippen LogP contribution is -2.51. The molecule has 2 rings (SSSR count). The fraction of sp³-hybridized carbons (Fsp3) is 0.944. The van der Waals surface area contributed by atoms with E-state index in [0.717, 1.165) is 13.0 Å². The topological polar surface area (TPSA) is 20.3 Å². The summed E-state index contributed by atoms with van der Waals surface area (Å²) in [5.74, 6) is 0.425. The molecule has 2 fully saturated rings. The van der Waals surface area contributed by atoms with Crippen molar-refractivity contribution in [1.82, 2.24) is 4.90 Å². The predicted octanol–water partition coefficient (Wildman–Crippen LogP) is 4.28. The molecule has 1 saturated carbocycles. The highest BCUT2D eigenvalue weighted by atomic mass is 16.1. The molecular formula is C18H33NO. The molecular weight excluding hydrogens is 246 g/mol. The lowest BCUT2D eigenvalue weighted by molar-refractivity contribution is -0.132. The van der Waals surface area contributed by atoms with E-state index in [1.54, 1.807) is 0 Å².